The van der Waals surface area contributed by atoms with Gasteiger partial charge in [0.15, 0.2) is 0 Å². The van der Waals surface area contributed by atoms with Crippen LogP contribution in [0.4, 0.5) is 0 Å². The Morgan fingerprint density at radius 2 is 1.90 bits per heavy atom. The summed E-state index contributed by atoms with van der Waals surface area (Å²) in [5.41, 5.74) is 3.50. The lowest BCUT2D eigenvalue weighted by atomic mass is 10.1. The van der Waals surface area contributed by atoms with Gasteiger partial charge in [0.2, 0.25) is 0 Å². The molecule has 0 unspecified atom stereocenters. The Labute approximate surface area is 121 Å². The minimum atomic E-state index is 0.780. The summed E-state index contributed by atoms with van der Waals surface area (Å²) in [6.45, 7) is 8.09. The lowest BCUT2D eigenvalue weighted by Crippen LogP contribution is -2.14. The Hall–Kier alpha value is -1.87. The van der Waals surface area contributed by atoms with Gasteiger partial charge in [0.25, 0.3) is 0 Å². The van der Waals surface area contributed by atoms with E-state index in [-0.39, 0.29) is 0 Å². The molecule has 3 heteroatoms. The van der Waals surface area contributed by atoms with Crippen LogP contribution in [0.25, 0.3) is 0 Å². The largest absolute Gasteiger partial charge is 0.457 e. The van der Waals surface area contributed by atoms with Gasteiger partial charge < -0.3 is 10.1 Å². The highest BCUT2D eigenvalue weighted by Crippen LogP contribution is 2.26. The molecular formula is C17H22N2O. The Morgan fingerprint density at radius 1 is 1.15 bits per heavy atom. The number of ether oxygens (including phenoxy) is 1. The van der Waals surface area contributed by atoms with Gasteiger partial charge in [-0.25, -0.2) is 0 Å². The fourth-order valence-corrected chi connectivity index (χ4v) is 2.17. The normalized spacial score (nSPS) is 10.6. The molecule has 106 valence electrons. The number of rotatable bonds is 6. The van der Waals surface area contributed by atoms with E-state index in [1.807, 2.05) is 12.3 Å². The van der Waals surface area contributed by atoms with Crippen LogP contribution in [0.5, 0.6) is 11.5 Å². The van der Waals surface area contributed by atoms with E-state index < -0.39 is 0 Å². The van der Waals surface area contributed by atoms with Crippen LogP contribution in [0.15, 0.2) is 36.7 Å². The molecule has 1 heterocycles. The summed E-state index contributed by atoms with van der Waals surface area (Å²) >= 11 is 0. The molecule has 20 heavy (non-hydrogen) atoms. The van der Waals surface area contributed by atoms with Crippen molar-refractivity contribution < 1.29 is 4.74 Å². The van der Waals surface area contributed by atoms with Crippen LogP contribution in [0.3, 0.4) is 0 Å². The number of aromatic nitrogens is 1. The summed E-state index contributed by atoms with van der Waals surface area (Å²) in [6.07, 6.45) is 4.75. The molecule has 1 aromatic heterocycles. The summed E-state index contributed by atoms with van der Waals surface area (Å²) in [6, 6.07) is 8.16. The summed E-state index contributed by atoms with van der Waals surface area (Å²) in [4.78, 5) is 4.18. The molecule has 1 N–H and O–H groups in total. The van der Waals surface area contributed by atoms with Crippen molar-refractivity contribution in [3.8, 4) is 11.5 Å². The quantitative estimate of drug-likeness (QED) is 0.806. The second kappa shape index (κ2) is 7.06. The number of pyridine rings is 1. The van der Waals surface area contributed by atoms with E-state index in [1.165, 1.54) is 11.1 Å². The summed E-state index contributed by atoms with van der Waals surface area (Å²) in [5, 5.41) is 3.38. The van der Waals surface area contributed by atoms with Crippen molar-refractivity contribution >= 4 is 0 Å². The van der Waals surface area contributed by atoms with Crippen molar-refractivity contribution in [2.75, 3.05) is 6.54 Å². The number of hydrogen-bond acceptors (Lipinski definition) is 3. The number of benzene rings is 1. The maximum atomic E-state index is 6.02. The predicted molar refractivity (Wildman–Crippen MR) is 82.2 cm³/mol. The van der Waals surface area contributed by atoms with Gasteiger partial charge in [0.05, 0.1) is 0 Å². The molecule has 0 fully saturated rings. The van der Waals surface area contributed by atoms with Crippen molar-refractivity contribution in [1.29, 1.82) is 0 Å². The number of nitrogens with one attached hydrogen (secondary N) is 1. The van der Waals surface area contributed by atoms with Gasteiger partial charge in [-0.05, 0) is 56.1 Å². The highest BCUT2D eigenvalue weighted by atomic mass is 16.5. The van der Waals surface area contributed by atoms with Crippen LogP contribution in [-0.2, 0) is 6.54 Å². The average Bonchev–Trinajstić information content (AvgIpc) is 2.40. The summed E-state index contributed by atoms with van der Waals surface area (Å²) in [7, 11) is 0. The van der Waals surface area contributed by atoms with Gasteiger partial charge in [-0.3, -0.25) is 4.98 Å². The topological polar surface area (TPSA) is 34.2 Å². The van der Waals surface area contributed by atoms with Crippen LogP contribution in [0.1, 0.15) is 30.0 Å². The van der Waals surface area contributed by atoms with E-state index in [4.69, 9.17) is 4.74 Å². The molecule has 0 radical (unpaired) electrons. The van der Waals surface area contributed by atoms with Gasteiger partial charge in [0.1, 0.15) is 11.5 Å². The maximum absolute atomic E-state index is 6.02. The molecule has 0 aliphatic rings. The molecule has 2 rings (SSSR count). The SMILES string of the molecule is CCCNCc1cnccc1Oc1cc(C)cc(C)c1. The van der Waals surface area contributed by atoms with Crippen LogP contribution < -0.4 is 10.1 Å². The maximum Gasteiger partial charge on any atom is 0.134 e. The van der Waals surface area contributed by atoms with E-state index in [0.717, 1.165) is 36.6 Å². The zero-order valence-corrected chi connectivity index (χ0v) is 12.4. The second-order valence-corrected chi connectivity index (χ2v) is 5.09. The highest BCUT2D eigenvalue weighted by molar-refractivity contribution is 5.39. The van der Waals surface area contributed by atoms with E-state index in [9.17, 15) is 0 Å². The zero-order chi connectivity index (χ0) is 14.4. The number of hydrogen-bond donors (Lipinski definition) is 1. The van der Waals surface area contributed by atoms with E-state index in [1.54, 1.807) is 6.20 Å². The molecule has 1 aromatic carbocycles. The third-order valence-electron chi connectivity index (χ3n) is 3.02. The van der Waals surface area contributed by atoms with Gasteiger partial charge in [-0.15, -0.1) is 0 Å². The van der Waals surface area contributed by atoms with Crippen LogP contribution in [-0.4, -0.2) is 11.5 Å². The molecule has 0 bridgehead atoms. The van der Waals surface area contributed by atoms with Gasteiger partial charge >= 0.3 is 0 Å². The van der Waals surface area contributed by atoms with Crippen molar-refractivity contribution in [3.63, 3.8) is 0 Å². The van der Waals surface area contributed by atoms with Crippen molar-refractivity contribution in [2.45, 2.75) is 33.7 Å². The van der Waals surface area contributed by atoms with Crippen LogP contribution in [0.2, 0.25) is 0 Å². The molecular weight excluding hydrogens is 248 g/mol. The fraction of sp³-hybridized carbons (Fsp3) is 0.353. The lowest BCUT2D eigenvalue weighted by molar-refractivity contribution is 0.471. The first-order valence-electron chi connectivity index (χ1n) is 7.09. The lowest BCUT2D eigenvalue weighted by Gasteiger charge is -2.12. The smallest absolute Gasteiger partial charge is 0.134 e. The van der Waals surface area contributed by atoms with Gasteiger partial charge in [-0.1, -0.05) is 13.0 Å². The molecule has 0 atom stereocenters. The van der Waals surface area contributed by atoms with E-state index in [2.05, 4.69) is 49.3 Å². The summed E-state index contributed by atoms with van der Waals surface area (Å²) < 4.78 is 6.02. The van der Waals surface area contributed by atoms with Crippen molar-refractivity contribution in [1.82, 2.24) is 10.3 Å². The van der Waals surface area contributed by atoms with Gasteiger partial charge in [-0.2, -0.15) is 0 Å². The van der Waals surface area contributed by atoms with E-state index >= 15 is 0 Å². The number of nitrogens with zero attached hydrogens (tertiary/aromatic N) is 1. The monoisotopic (exact) mass is 270 g/mol. The molecule has 0 spiro atoms. The van der Waals surface area contributed by atoms with Crippen LogP contribution in [0, 0.1) is 13.8 Å². The van der Waals surface area contributed by atoms with Crippen LogP contribution >= 0.6 is 0 Å². The highest BCUT2D eigenvalue weighted by Gasteiger charge is 2.05. The van der Waals surface area contributed by atoms with E-state index in [0.29, 0.717) is 0 Å². The molecule has 2 aromatic rings. The molecule has 3 nitrogen and oxygen atoms in total. The second-order valence-electron chi connectivity index (χ2n) is 5.09. The standard InChI is InChI=1S/C17H22N2O/c1-4-6-18-11-15-12-19-7-5-17(15)20-16-9-13(2)8-14(3)10-16/h5,7-10,12,18H,4,6,11H2,1-3H3. The molecule has 0 aliphatic carbocycles. The molecule has 0 saturated carbocycles. The third kappa shape index (κ3) is 4.07. The minimum absolute atomic E-state index is 0.780. The third-order valence-corrected chi connectivity index (χ3v) is 3.02. The first kappa shape index (κ1) is 14.5. The Morgan fingerprint density at radius 3 is 2.60 bits per heavy atom. The Kier molecular flexibility index (Phi) is 5.13. The summed E-state index contributed by atoms with van der Waals surface area (Å²) in [5.74, 6) is 1.75. The molecule has 0 saturated heterocycles. The van der Waals surface area contributed by atoms with Crippen molar-refractivity contribution in [2.24, 2.45) is 0 Å². The molecule has 0 amide bonds. The first-order chi connectivity index (χ1) is 9.69. The first-order valence-corrected chi connectivity index (χ1v) is 7.09. The average molecular weight is 270 g/mol. The minimum Gasteiger partial charge on any atom is -0.457 e. The predicted octanol–water partition coefficient (Wildman–Crippen LogP) is 3.99. The van der Waals surface area contributed by atoms with Crippen molar-refractivity contribution in [3.05, 3.63) is 53.3 Å². The Balaban J connectivity index is 2.15. The van der Waals surface area contributed by atoms with Gasteiger partial charge in [0, 0.05) is 24.5 Å². The Bertz CT molecular complexity index is 546. The molecule has 0 aliphatic heterocycles. The zero-order valence-electron chi connectivity index (χ0n) is 12.4. The fourth-order valence-electron chi connectivity index (χ4n) is 2.17. The number of aryl methyl sites for hydroxylation is 2.